The zero-order chi connectivity index (χ0) is 21.7. The van der Waals surface area contributed by atoms with Crippen LogP contribution in [0.1, 0.15) is 40.5 Å². The molecule has 8 nitrogen and oxygen atoms in total. The number of amides is 1. The van der Waals surface area contributed by atoms with Crippen molar-refractivity contribution in [1.82, 2.24) is 4.98 Å². The van der Waals surface area contributed by atoms with Crippen molar-refractivity contribution in [2.45, 2.75) is 19.8 Å². The summed E-state index contributed by atoms with van der Waals surface area (Å²) >= 11 is 6.04. The van der Waals surface area contributed by atoms with Gasteiger partial charge in [-0.25, -0.2) is 9.78 Å². The zero-order valence-corrected chi connectivity index (χ0v) is 17.2. The SMILES string of the molecule is CCOC(=O)[C@@H]1CCCN(c2ncc(NC(=O)c3ccccc3Cl)cc2C(=O)O)C1. The molecule has 2 N–H and O–H groups in total. The van der Waals surface area contributed by atoms with Gasteiger partial charge in [-0.1, -0.05) is 23.7 Å². The number of nitrogens with one attached hydrogen (secondary N) is 1. The molecule has 1 aliphatic rings. The van der Waals surface area contributed by atoms with Crippen molar-refractivity contribution in [2.24, 2.45) is 5.92 Å². The van der Waals surface area contributed by atoms with Crippen LogP contribution in [0.5, 0.6) is 0 Å². The number of aromatic carboxylic acids is 1. The maximum absolute atomic E-state index is 12.4. The third kappa shape index (κ3) is 4.88. The van der Waals surface area contributed by atoms with Crippen molar-refractivity contribution in [2.75, 3.05) is 29.9 Å². The predicted molar refractivity (Wildman–Crippen MR) is 112 cm³/mol. The molecule has 0 aliphatic carbocycles. The number of nitrogens with zero attached hydrogens (tertiary/aromatic N) is 2. The molecule has 1 saturated heterocycles. The largest absolute Gasteiger partial charge is 0.478 e. The molecule has 158 valence electrons. The van der Waals surface area contributed by atoms with Crippen LogP contribution in [0.4, 0.5) is 11.5 Å². The molecule has 0 unspecified atom stereocenters. The highest BCUT2D eigenvalue weighted by Gasteiger charge is 2.30. The monoisotopic (exact) mass is 431 g/mol. The molecule has 3 rings (SSSR count). The van der Waals surface area contributed by atoms with E-state index in [4.69, 9.17) is 16.3 Å². The summed E-state index contributed by atoms with van der Waals surface area (Å²) in [5.74, 6) is -2.01. The van der Waals surface area contributed by atoms with E-state index in [9.17, 15) is 19.5 Å². The van der Waals surface area contributed by atoms with E-state index in [0.717, 1.165) is 6.42 Å². The number of carboxylic acids is 1. The van der Waals surface area contributed by atoms with Gasteiger partial charge in [0.2, 0.25) is 0 Å². The molecule has 1 aromatic heterocycles. The van der Waals surface area contributed by atoms with Gasteiger partial charge in [0.1, 0.15) is 11.4 Å². The van der Waals surface area contributed by atoms with Crippen molar-refractivity contribution in [3.05, 3.63) is 52.7 Å². The number of carbonyl (C=O) groups excluding carboxylic acids is 2. The van der Waals surface area contributed by atoms with Crippen LogP contribution in [0, 0.1) is 5.92 Å². The molecule has 9 heteroatoms. The van der Waals surface area contributed by atoms with Crippen molar-refractivity contribution in [1.29, 1.82) is 0 Å². The molecule has 0 radical (unpaired) electrons. The minimum atomic E-state index is -1.18. The maximum Gasteiger partial charge on any atom is 0.339 e. The number of benzene rings is 1. The average Bonchev–Trinajstić information content (AvgIpc) is 2.74. The molecule has 0 saturated carbocycles. The van der Waals surface area contributed by atoms with Crippen LogP contribution in [0.3, 0.4) is 0 Å². The summed E-state index contributed by atoms with van der Waals surface area (Å²) in [7, 11) is 0. The third-order valence-corrected chi connectivity index (χ3v) is 5.14. The molecule has 30 heavy (non-hydrogen) atoms. The van der Waals surface area contributed by atoms with Gasteiger partial charge >= 0.3 is 11.9 Å². The van der Waals surface area contributed by atoms with E-state index >= 15 is 0 Å². The zero-order valence-electron chi connectivity index (χ0n) is 16.4. The number of esters is 1. The topological polar surface area (TPSA) is 109 Å². The second kappa shape index (κ2) is 9.58. The van der Waals surface area contributed by atoms with E-state index in [2.05, 4.69) is 10.3 Å². The van der Waals surface area contributed by atoms with Crippen LogP contribution in [-0.4, -0.2) is 47.6 Å². The second-order valence-corrected chi connectivity index (χ2v) is 7.28. The Kier molecular flexibility index (Phi) is 6.89. The number of anilines is 2. The van der Waals surface area contributed by atoms with Gasteiger partial charge in [-0.3, -0.25) is 9.59 Å². The first kappa shape index (κ1) is 21.6. The Morgan fingerprint density at radius 3 is 2.77 bits per heavy atom. The summed E-state index contributed by atoms with van der Waals surface area (Å²) in [6, 6.07) is 7.91. The molecule has 1 amide bonds. The number of hydrogen-bond acceptors (Lipinski definition) is 6. The number of ether oxygens (including phenoxy) is 1. The minimum Gasteiger partial charge on any atom is -0.478 e. The fourth-order valence-corrected chi connectivity index (χ4v) is 3.62. The Morgan fingerprint density at radius 2 is 2.07 bits per heavy atom. The lowest BCUT2D eigenvalue weighted by Gasteiger charge is -2.33. The normalized spacial score (nSPS) is 16.1. The van der Waals surface area contributed by atoms with Gasteiger partial charge in [0.15, 0.2) is 0 Å². The van der Waals surface area contributed by atoms with Gasteiger partial charge in [-0.15, -0.1) is 0 Å². The number of piperidine rings is 1. The van der Waals surface area contributed by atoms with Crippen molar-refractivity contribution >= 4 is 41.0 Å². The van der Waals surface area contributed by atoms with Crippen LogP contribution in [0.2, 0.25) is 5.02 Å². The fraction of sp³-hybridized carbons (Fsp3) is 0.333. The average molecular weight is 432 g/mol. The smallest absolute Gasteiger partial charge is 0.339 e. The van der Waals surface area contributed by atoms with E-state index in [0.29, 0.717) is 26.1 Å². The molecule has 1 atom stereocenters. The number of rotatable bonds is 6. The summed E-state index contributed by atoms with van der Waals surface area (Å²) in [5.41, 5.74) is 0.449. The highest BCUT2D eigenvalue weighted by molar-refractivity contribution is 6.34. The molecule has 2 heterocycles. The summed E-state index contributed by atoms with van der Waals surface area (Å²) in [6.07, 6.45) is 2.80. The Hall–Kier alpha value is -3.13. The van der Waals surface area contributed by atoms with Gasteiger partial charge < -0.3 is 20.1 Å². The Balaban J connectivity index is 1.82. The minimum absolute atomic E-state index is 0.0588. The molecular weight excluding hydrogens is 410 g/mol. The van der Waals surface area contributed by atoms with Gasteiger partial charge in [0, 0.05) is 13.1 Å². The molecular formula is C21H22ClN3O5. The van der Waals surface area contributed by atoms with Crippen molar-refractivity contribution in [3.8, 4) is 0 Å². The summed E-state index contributed by atoms with van der Waals surface area (Å²) < 4.78 is 5.10. The van der Waals surface area contributed by atoms with Crippen molar-refractivity contribution < 1.29 is 24.2 Å². The lowest BCUT2D eigenvalue weighted by Crippen LogP contribution is -2.40. The molecule has 0 spiro atoms. The number of aromatic nitrogens is 1. The number of hydrogen-bond donors (Lipinski definition) is 2. The molecule has 1 aliphatic heterocycles. The van der Waals surface area contributed by atoms with Crippen LogP contribution in [0.15, 0.2) is 36.5 Å². The number of carbonyl (C=O) groups is 3. The van der Waals surface area contributed by atoms with Gasteiger partial charge in [-0.05, 0) is 38.0 Å². The van der Waals surface area contributed by atoms with Crippen LogP contribution in [-0.2, 0) is 9.53 Å². The molecule has 1 aromatic carbocycles. The Bertz CT molecular complexity index is 965. The first-order valence-corrected chi connectivity index (χ1v) is 9.99. The van der Waals surface area contributed by atoms with E-state index in [1.807, 2.05) is 0 Å². The quantitative estimate of drug-likeness (QED) is 0.674. The van der Waals surface area contributed by atoms with Crippen LogP contribution in [0.25, 0.3) is 0 Å². The highest BCUT2D eigenvalue weighted by atomic mass is 35.5. The van der Waals surface area contributed by atoms with Gasteiger partial charge in [-0.2, -0.15) is 0 Å². The number of carboxylic acid groups (broad SMARTS) is 1. The van der Waals surface area contributed by atoms with E-state index < -0.39 is 11.9 Å². The van der Waals surface area contributed by atoms with Crippen LogP contribution < -0.4 is 10.2 Å². The van der Waals surface area contributed by atoms with E-state index in [1.165, 1.54) is 12.3 Å². The summed E-state index contributed by atoms with van der Waals surface area (Å²) in [5, 5.41) is 12.6. The second-order valence-electron chi connectivity index (χ2n) is 6.87. The first-order chi connectivity index (χ1) is 14.4. The number of halogens is 1. The standard InChI is InChI=1S/C21H22ClN3O5/c1-2-30-21(29)13-6-5-9-25(12-13)18-16(20(27)28)10-14(11-23-18)24-19(26)15-7-3-4-8-17(15)22/h3-4,7-8,10-11,13H,2,5-6,9,12H2,1H3,(H,24,26)(H,27,28)/t13-/m1/s1. The predicted octanol–water partition coefficient (Wildman–Crippen LogP) is 3.47. The van der Waals surface area contributed by atoms with Crippen molar-refractivity contribution in [3.63, 3.8) is 0 Å². The van der Waals surface area contributed by atoms with Gasteiger partial charge in [0.05, 0.1) is 35.0 Å². The molecule has 0 bridgehead atoms. The lowest BCUT2D eigenvalue weighted by atomic mass is 9.98. The van der Waals surface area contributed by atoms with Gasteiger partial charge in [0.25, 0.3) is 5.91 Å². The first-order valence-electron chi connectivity index (χ1n) is 9.61. The Labute approximate surface area is 178 Å². The summed E-state index contributed by atoms with van der Waals surface area (Å²) in [6.45, 7) is 2.96. The Morgan fingerprint density at radius 1 is 1.30 bits per heavy atom. The lowest BCUT2D eigenvalue weighted by molar-refractivity contribution is -0.148. The molecule has 2 aromatic rings. The third-order valence-electron chi connectivity index (χ3n) is 4.81. The van der Waals surface area contributed by atoms with E-state index in [1.54, 1.807) is 36.1 Å². The highest BCUT2D eigenvalue weighted by Crippen LogP contribution is 2.27. The summed E-state index contributed by atoms with van der Waals surface area (Å²) in [4.78, 5) is 42.4. The number of pyridine rings is 1. The molecule has 1 fully saturated rings. The van der Waals surface area contributed by atoms with E-state index in [-0.39, 0.29) is 39.5 Å². The maximum atomic E-state index is 12.4. The fourth-order valence-electron chi connectivity index (χ4n) is 3.40. The van der Waals surface area contributed by atoms with Crippen LogP contribution >= 0.6 is 11.6 Å².